The number of rotatable bonds is 5. The minimum atomic E-state index is -0.448. The Morgan fingerprint density at radius 3 is 2.65 bits per heavy atom. The van der Waals surface area contributed by atoms with E-state index in [9.17, 15) is 9.18 Å². The van der Waals surface area contributed by atoms with Crippen LogP contribution in [0.2, 0.25) is 0 Å². The molecule has 1 atom stereocenters. The van der Waals surface area contributed by atoms with Crippen LogP contribution in [0.15, 0.2) is 84.0 Å². The summed E-state index contributed by atoms with van der Waals surface area (Å²) in [6.07, 6.45) is 1.91. The van der Waals surface area contributed by atoms with Crippen LogP contribution in [0.1, 0.15) is 39.5 Å². The van der Waals surface area contributed by atoms with Gasteiger partial charge < -0.3 is 10.1 Å². The van der Waals surface area contributed by atoms with Crippen molar-refractivity contribution in [2.45, 2.75) is 19.4 Å². The van der Waals surface area contributed by atoms with Crippen molar-refractivity contribution < 1.29 is 13.9 Å². The summed E-state index contributed by atoms with van der Waals surface area (Å²) in [5.74, 6) is 0.431. The molecule has 0 saturated heterocycles. The van der Waals surface area contributed by atoms with Crippen molar-refractivity contribution in [1.82, 2.24) is 9.78 Å². The molecule has 3 aromatic carbocycles. The Morgan fingerprint density at radius 1 is 1.09 bits per heavy atom. The molecule has 1 unspecified atom stereocenters. The van der Waals surface area contributed by atoms with Crippen LogP contribution in [0.5, 0.6) is 5.75 Å². The van der Waals surface area contributed by atoms with Crippen molar-refractivity contribution >= 4 is 23.1 Å². The van der Waals surface area contributed by atoms with E-state index in [0.29, 0.717) is 34.8 Å². The monoisotopic (exact) mass is 454 g/mol. The maximum absolute atomic E-state index is 14.8. The SMILES string of the molecule is COc1cccc(C2=Nc3c(C(=O)Nc4ccc(C)cc4)cnn3C(c3ccccc3F)C2)c1. The van der Waals surface area contributed by atoms with E-state index >= 15 is 0 Å². The lowest BCUT2D eigenvalue weighted by Gasteiger charge is -2.25. The first-order chi connectivity index (χ1) is 16.5. The molecule has 7 heteroatoms. The summed E-state index contributed by atoms with van der Waals surface area (Å²) in [6, 6.07) is 21.3. The van der Waals surface area contributed by atoms with E-state index in [1.165, 1.54) is 12.3 Å². The predicted octanol–water partition coefficient (Wildman–Crippen LogP) is 5.71. The quantitative estimate of drug-likeness (QED) is 0.420. The third-order valence-corrected chi connectivity index (χ3v) is 5.91. The average molecular weight is 455 g/mol. The zero-order chi connectivity index (χ0) is 23.7. The van der Waals surface area contributed by atoms with Gasteiger partial charge in [-0.05, 0) is 42.8 Å². The lowest BCUT2D eigenvalue weighted by Crippen LogP contribution is -2.23. The molecule has 1 amide bonds. The van der Waals surface area contributed by atoms with Crippen molar-refractivity contribution in [2.75, 3.05) is 12.4 Å². The lowest BCUT2D eigenvalue weighted by molar-refractivity contribution is 0.102. The van der Waals surface area contributed by atoms with E-state index in [-0.39, 0.29) is 11.7 Å². The molecule has 1 aromatic heterocycles. The molecule has 1 aliphatic heterocycles. The third kappa shape index (κ3) is 4.08. The summed E-state index contributed by atoms with van der Waals surface area (Å²) in [6.45, 7) is 1.98. The van der Waals surface area contributed by atoms with Crippen molar-refractivity contribution in [2.24, 2.45) is 4.99 Å². The van der Waals surface area contributed by atoms with Gasteiger partial charge in [-0.2, -0.15) is 5.10 Å². The second-order valence-electron chi connectivity index (χ2n) is 8.18. The largest absolute Gasteiger partial charge is 0.497 e. The zero-order valence-electron chi connectivity index (χ0n) is 18.8. The van der Waals surface area contributed by atoms with Gasteiger partial charge in [0.1, 0.15) is 17.1 Å². The fourth-order valence-corrected chi connectivity index (χ4v) is 4.11. The summed E-state index contributed by atoms with van der Waals surface area (Å²) < 4.78 is 21.8. The number of ether oxygens (including phenoxy) is 1. The van der Waals surface area contributed by atoms with Crippen LogP contribution >= 0.6 is 0 Å². The Morgan fingerprint density at radius 2 is 1.88 bits per heavy atom. The number of aliphatic imine (C=N–C) groups is 1. The third-order valence-electron chi connectivity index (χ3n) is 5.91. The number of carbonyl (C=O) groups excluding carboxylic acids is 1. The molecule has 1 N–H and O–H groups in total. The summed E-state index contributed by atoms with van der Waals surface area (Å²) >= 11 is 0. The number of fused-ring (bicyclic) bond motifs is 1. The van der Waals surface area contributed by atoms with Crippen LogP contribution < -0.4 is 10.1 Å². The van der Waals surface area contributed by atoms with Crippen molar-refractivity contribution in [3.05, 3.63) is 107 Å². The molecule has 0 radical (unpaired) electrons. The van der Waals surface area contributed by atoms with Gasteiger partial charge in [0.25, 0.3) is 5.91 Å². The highest BCUT2D eigenvalue weighted by Crippen LogP contribution is 2.37. The van der Waals surface area contributed by atoms with E-state index in [1.54, 1.807) is 30.0 Å². The van der Waals surface area contributed by atoms with E-state index in [4.69, 9.17) is 9.73 Å². The summed E-state index contributed by atoms with van der Waals surface area (Å²) in [5, 5.41) is 7.36. The number of hydrogen-bond donors (Lipinski definition) is 1. The topological polar surface area (TPSA) is 68.5 Å². The van der Waals surface area contributed by atoms with Gasteiger partial charge >= 0.3 is 0 Å². The van der Waals surface area contributed by atoms with Gasteiger partial charge in [-0.25, -0.2) is 14.1 Å². The molecule has 0 saturated carbocycles. The van der Waals surface area contributed by atoms with E-state index in [1.807, 2.05) is 55.5 Å². The number of halogens is 1. The molecule has 0 bridgehead atoms. The Balaban J connectivity index is 1.59. The Hall–Kier alpha value is -4.26. The number of carbonyl (C=O) groups is 1. The smallest absolute Gasteiger partial charge is 0.261 e. The van der Waals surface area contributed by atoms with Gasteiger partial charge in [0.2, 0.25) is 0 Å². The summed E-state index contributed by atoms with van der Waals surface area (Å²) in [5.41, 5.74) is 4.16. The maximum Gasteiger partial charge on any atom is 0.261 e. The Kier molecular flexibility index (Phi) is 5.67. The first-order valence-electron chi connectivity index (χ1n) is 11.0. The second kappa shape index (κ2) is 8.94. The number of anilines is 1. The molecule has 0 fully saturated rings. The first-order valence-corrected chi connectivity index (χ1v) is 11.0. The second-order valence-corrected chi connectivity index (χ2v) is 8.18. The minimum Gasteiger partial charge on any atom is -0.497 e. The van der Waals surface area contributed by atoms with Crippen LogP contribution in [0.4, 0.5) is 15.9 Å². The van der Waals surface area contributed by atoms with Gasteiger partial charge in [-0.15, -0.1) is 0 Å². The fraction of sp³-hybridized carbons (Fsp3) is 0.148. The number of hydrogen-bond acceptors (Lipinski definition) is 4. The lowest BCUT2D eigenvalue weighted by atomic mass is 9.95. The van der Waals surface area contributed by atoms with Crippen LogP contribution in [-0.4, -0.2) is 28.5 Å². The van der Waals surface area contributed by atoms with Crippen molar-refractivity contribution in [1.29, 1.82) is 0 Å². The molecule has 0 aliphatic carbocycles. The summed E-state index contributed by atoms with van der Waals surface area (Å²) in [7, 11) is 1.60. The van der Waals surface area contributed by atoms with Crippen LogP contribution in [0.3, 0.4) is 0 Å². The molecule has 34 heavy (non-hydrogen) atoms. The molecule has 170 valence electrons. The molecule has 5 rings (SSSR count). The highest BCUT2D eigenvalue weighted by Gasteiger charge is 2.31. The molecule has 0 spiro atoms. The maximum atomic E-state index is 14.8. The van der Waals surface area contributed by atoms with Crippen LogP contribution in [-0.2, 0) is 0 Å². The number of methoxy groups -OCH3 is 1. The van der Waals surface area contributed by atoms with Gasteiger partial charge in [0.05, 0.1) is 25.1 Å². The molecular weight excluding hydrogens is 431 g/mol. The number of aromatic nitrogens is 2. The van der Waals surface area contributed by atoms with Gasteiger partial charge in [0, 0.05) is 17.7 Å². The predicted molar refractivity (Wildman–Crippen MR) is 130 cm³/mol. The fourth-order valence-electron chi connectivity index (χ4n) is 4.11. The van der Waals surface area contributed by atoms with Gasteiger partial charge in [0.15, 0.2) is 5.82 Å². The number of benzene rings is 3. The number of nitrogens with one attached hydrogen (secondary N) is 1. The Bertz CT molecular complexity index is 1390. The highest BCUT2D eigenvalue weighted by atomic mass is 19.1. The van der Waals surface area contributed by atoms with Crippen molar-refractivity contribution in [3.63, 3.8) is 0 Å². The highest BCUT2D eigenvalue weighted by molar-refractivity contribution is 6.09. The van der Waals surface area contributed by atoms with Crippen LogP contribution in [0, 0.1) is 12.7 Å². The van der Waals surface area contributed by atoms with E-state index < -0.39 is 6.04 Å². The molecule has 2 heterocycles. The van der Waals surface area contributed by atoms with Gasteiger partial charge in [-0.3, -0.25) is 4.79 Å². The summed E-state index contributed by atoms with van der Waals surface area (Å²) in [4.78, 5) is 18.0. The molecule has 4 aromatic rings. The number of aryl methyl sites for hydroxylation is 1. The minimum absolute atomic E-state index is 0.321. The Labute approximate surface area is 196 Å². The molecular formula is C27H23FN4O2. The van der Waals surface area contributed by atoms with Crippen molar-refractivity contribution in [3.8, 4) is 5.75 Å². The first kappa shape index (κ1) is 21.6. The standard InChI is InChI=1S/C27H23FN4O2/c1-17-10-12-19(13-11-17)30-27(33)22-16-29-32-25(21-8-3-4-9-23(21)28)15-24(31-26(22)32)18-6-5-7-20(14-18)34-2/h3-14,16,25H,15H2,1-2H3,(H,30,33). The average Bonchev–Trinajstić information content (AvgIpc) is 3.29. The van der Waals surface area contributed by atoms with Crippen LogP contribution in [0.25, 0.3) is 0 Å². The van der Waals surface area contributed by atoms with E-state index in [0.717, 1.165) is 16.8 Å². The number of amides is 1. The molecule has 6 nitrogen and oxygen atoms in total. The van der Waals surface area contributed by atoms with E-state index in [2.05, 4.69) is 10.4 Å². The molecule has 1 aliphatic rings. The normalized spacial score (nSPS) is 14.8. The van der Waals surface area contributed by atoms with Gasteiger partial charge in [-0.1, -0.05) is 48.0 Å². The zero-order valence-corrected chi connectivity index (χ0v) is 18.8. The number of nitrogens with zero attached hydrogens (tertiary/aromatic N) is 3.